The van der Waals surface area contributed by atoms with E-state index < -0.39 is 0 Å². The quantitative estimate of drug-likeness (QED) is 0.731. The molecular weight excluding hydrogens is 324 g/mol. The minimum absolute atomic E-state index is 0.104. The van der Waals surface area contributed by atoms with Gasteiger partial charge in [-0.1, -0.05) is 49.4 Å². The van der Waals surface area contributed by atoms with Gasteiger partial charge in [0.15, 0.2) is 0 Å². The van der Waals surface area contributed by atoms with Gasteiger partial charge in [0.2, 0.25) is 5.95 Å². The number of hydrogen-bond acceptors (Lipinski definition) is 4. The third-order valence-electron chi connectivity index (χ3n) is 4.13. The Morgan fingerprint density at radius 2 is 1.62 bits per heavy atom. The van der Waals surface area contributed by atoms with Crippen molar-refractivity contribution in [2.45, 2.75) is 19.9 Å². The van der Waals surface area contributed by atoms with Crippen molar-refractivity contribution in [3.63, 3.8) is 0 Å². The summed E-state index contributed by atoms with van der Waals surface area (Å²) < 4.78 is 0. The third-order valence-corrected chi connectivity index (χ3v) is 4.13. The Kier molecular flexibility index (Phi) is 5.59. The number of rotatable bonds is 6. The van der Waals surface area contributed by atoms with E-state index >= 15 is 0 Å². The van der Waals surface area contributed by atoms with Crippen LogP contribution in [-0.2, 0) is 13.0 Å². The number of aromatic nitrogens is 2. The van der Waals surface area contributed by atoms with Crippen LogP contribution in [0.15, 0.2) is 67.0 Å². The van der Waals surface area contributed by atoms with E-state index in [1.165, 1.54) is 5.56 Å². The highest BCUT2D eigenvalue weighted by Crippen LogP contribution is 2.15. The lowest BCUT2D eigenvalue weighted by Gasteiger charge is -2.17. The Balaban J connectivity index is 1.63. The van der Waals surface area contributed by atoms with Crippen LogP contribution < -0.4 is 5.32 Å². The molecule has 0 bridgehead atoms. The first-order chi connectivity index (χ1) is 12.7. The molecule has 26 heavy (non-hydrogen) atoms. The molecule has 3 aromatic rings. The molecule has 5 nitrogen and oxygen atoms in total. The molecule has 0 aliphatic rings. The van der Waals surface area contributed by atoms with Crippen molar-refractivity contribution < 1.29 is 4.79 Å². The predicted octanol–water partition coefficient (Wildman–Crippen LogP) is 4.05. The lowest BCUT2D eigenvalue weighted by molar-refractivity contribution is 0.0784. The molecule has 0 saturated heterocycles. The van der Waals surface area contributed by atoms with E-state index in [9.17, 15) is 4.79 Å². The Morgan fingerprint density at radius 3 is 2.23 bits per heavy atom. The minimum atomic E-state index is -0.104. The summed E-state index contributed by atoms with van der Waals surface area (Å²) in [5, 5.41) is 3.14. The van der Waals surface area contributed by atoms with Gasteiger partial charge in [0.1, 0.15) is 0 Å². The van der Waals surface area contributed by atoms with Crippen molar-refractivity contribution in [1.82, 2.24) is 14.9 Å². The number of nitrogens with one attached hydrogen (secondary N) is 1. The normalized spacial score (nSPS) is 10.4. The molecule has 0 atom stereocenters. The van der Waals surface area contributed by atoms with E-state index in [1.807, 2.05) is 42.5 Å². The summed E-state index contributed by atoms with van der Waals surface area (Å²) in [6.45, 7) is 2.67. The van der Waals surface area contributed by atoms with Crippen LogP contribution in [0.1, 0.15) is 28.4 Å². The highest BCUT2D eigenvalue weighted by molar-refractivity contribution is 5.93. The molecule has 0 aliphatic carbocycles. The minimum Gasteiger partial charge on any atom is -0.337 e. The number of benzene rings is 2. The van der Waals surface area contributed by atoms with Crippen LogP contribution in [0, 0.1) is 0 Å². The summed E-state index contributed by atoms with van der Waals surface area (Å²) in [4.78, 5) is 22.7. The molecule has 1 heterocycles. The van der Waals surface area contributed by atoms with E-state index in [1.54, 1.807) is 24.3 Å². The van der Waals surface area contributed by atoms with Crippen LogP contribution in [0.2, 0.25) is 0 Å². The number of amides is 1. The van der Waals surface area contributed by atoms with Crippen LogP contribution in [0.4, 0.5) is 11.6 Å². The zero-order valence-electron chi connectivity index (χ0n) is 15.0. The van der Waals surface area contributed by atoms with E-state index in [4.69, 9.17) is 0 Å². The molecule has 1 amide bonds. The maximum absolute atomic E-state index is 12.5. The van der Waals surface area contributed by atoms with Crippen molar-refractivity contribution in [2.24, 2.45) is 0 Å². The van der Waals surface area contributed by atoms with Gasteiger partial charge in [-0.15, -0.1) is 0 Å². The van der Waals surface area contributed by atoms with E-state index in [2.05, 4.69) is 34.3 Å². The summed E-state index contributed by atoms with van der Waals surface area (Å²) in [6.07, 6.45) is 4.11. The van der Waals surface area contributed by atoms with Crippen LogP contribution in [0.5, 0.6) is 0 Å². The Bertz CT molecular complexity index is 845. The molecule has 0 spiro atoms. The van der Waals surface area contributed by atoms with Crippen molar-refractivity contribution in [3.8, 4) is 0 Å². The predicted molar refractivity (Wildman–Crippen MR) is 103 cm³/mol. The van der Waals surface area contributed by atoms with Gasteiger partial charge in [-0.3, -0.25) is 4.79 Å². The fourth-order valence-electron chi connectivity index (χ4n) is 2.61. The number of anilines is 2. The highest BCUT2D eigenvalue weighted by atomic mass is 16.2. The van der Waals surface area contributed by atoms with Gasteiger partial charge in [-0.25, -0.2) is 9.97 Å². The topological polar surface area (TPSA) is 58.1 Å². The molecule has 0 fully saturated rings. The summed E-state index contributed by atoms with van der Waals surface area (Å²) >= 11 is 0. The molecule has 0 radical (unpaired) electrons. The zero-order chi connectivity index (χ0) is 18.4. The number of carbonyl (C=O) groups is 1. The van der Waals surface area contributed by atoms with Crippen molar-refractivity contribution in [2.75, 3.05) is 12.4 Å². The molecule has 0 aliphatic heterocycles. The lowest BCUT2D eigenvalue weighted by atomic mass is 10.1. The molecule has 132 valence electrons. The second kappa shape index (κ2) is 8.25. The molecule has 0 unspecified atom stereocenters. The van der Waals surface area contributed by atoms with Crippen LogP contribution in [0.25, 0.3) is 0 Å². The monoisotopic (exact) mass is 346 g/mol. The van der Waals surface area contributed by atoms with Gasteiger partial charge in [-0.2, -0.15) is 0 Å². The number of carbonyl (C=O) groups excluding carboxylic acids is 1. The molecular formula is C21H22N4O. The molecule has 1 N–H and O–H groups in total. The molecule has 5 heteroatoms. The first kappa shape index (κ1) is 17.6. The first-order valence-corrected chi connectivity index (χ1v) is 8.63. The van der Waals surface area contributed by atoms with Crippen LogP contribution >= 0.6 is 0 Å². The zero-order valence-corrected chi connectivity index (χ0v) is 15.0. The van der Waals surface area contributed by atoms with Gasteiger partial charge in [0.05, 0.1) is 5.56 Å². The molecule has 1 aromatic heterocycles. The average Bonchev–Trinajstić information content (AvgIpc) is 2.69. The molecule has 3 rings (SSSR count). The largest absolute Gasteiger partial charge is 0.337 e. The Labute approximate surface area is 153 Å². The summed E-state index contributed by atoms with van der Waals surface area (Å²) in [7, 11) is 1.77. The van der Waals surface area contributed by atoms with Gasteiger partial charge in [0, 0.05) is 31.7 Å². The smallest absolute Gasteiger partial charge is 0.257 e. The fourth-order valence-corrected chi connectivity index (χ4v) is 2.61. The number of aryl methyl sites for hydroxylation is 1. The molecule has 0 saturated carbocycles. The Hall–Kier alpha value is -3.21. The maximum atomic E-state index is 12.5. The van der Waals surface area contributed by atoms with Gasteiger partial charge < -0.3 is 10.2 Å². The van der Waals surface area contributed by atoms with Crippen molar-refractivity contribution in [3.05, 3.63) is 83.7 Å². The number of nitrogens with zero attached hydrogens (tertiary/aromatic N) is 3. The van der Waals surface area contributed by atoms with E-state index in [-0.39, 0.29) is 5.91 Å². The SMILES string of the molecule is CCc1ccc(Nc2ncc(C(=O)N(C)Cc3ccccc3)cn2)cc1. The second-order valence-corrected chi connectivity index (χ2v) is 6.12. The standard InChI is InChI=1S/C21H22N4O/c1-3-16-9-11-19(12-10-16)24-21-22-13-18(14-23-21)20(26)25(2)15-17-7-5-4-6-8-17/h4-14H,3,15H2,1-2H3,(H,22,23,24). The summed E-state index contributed by atoms with van der Waals surface area (Å²) in [6, 6.07) is 18.0. The second-order valence-electron chi connectivity index (χ2n) is 6.12. The molecule has 2 aromatic carbocycles. The van der Waals surface area contributed by atoms with Gasteiger partial charge >= 0.3 is 0 Å². The highest BCUT2D eigenvalue weighted by Gasteiger charge is 2.13. The van der Waals surface area contributed by atoms with E-state index in [0.29, 0.717) is 18.1 Å². The Morgan fingerprint density at radius 1 is 0.962 bits per heavy atom. The summed E-state index contributed by atoms with van der Waals surface area (Å²) in [5.41, 5.74) is 3.75. The van der Waals surface area contributed by atoms with Crippen LogP contribution in [-0.4, -0.2) is 27.8 Å². The van der Waals surface area contributed by atoms with Crippen LogP contribution in [0.3, 0.4) is 0 Å². The van der Waals surface area contributed by atoms with E-state index in [0.717, 1.165) is 17.7 Å². The van der Waals surface area contributed by atoms with Crippen molar-refractivity contribution >= 4 is 17.5 Å². The lowest BCUT2D eigenvalue weighted by Crippen LogP contribution is -2.26. The summed E-state index contributed by atoms with van der Waals surface area (Å²) in [5.74, 6) is 0.365. The van der Waals surface area contributed by atoms with Crippen molar-refractivity contribution in [1.29, 1.82) is 0 Å². The first-order valence-electron chi connectivity index (χ1n) is 8.63. The average molecular weight is 346 g/mol. The third kappa shape index (κ3) is 4.45. The fraction of sp³-hybridized carbons (Fsp3) is 0.190. The van der Waals surface area contributed by atoms with Gasteiger partial charge in [-0.05, 0) is 29.7 Å². The maximum Gasteiger partial charge on any atom is 0.257 e. The number of hydrogen-bond donors (Lipinski definition) is 1. The van der Waals surface area contributed by atoms with Gasteiger partial charge in [0.25, 0.3) is 5.91 Å².